The number of aryl methyl sites for hydroxylation is 4. The third-order valence-electron chi connectivity index (χ3n) is 4.54. The summed E-state index contributed by atoms with van der Waals surface area (Å²) in [7, 11) is 0. The summed E-state index contributed by atoms with van der Waals surface area (Å²) in [6, 6.07) is 4.48. The molecule has 2 heteroatoms. The Morgan fingerprint density at radius 2 is 1.67 bits per heavy atom. The van der Waals surface area contributed by atoms with Crippen LogP contribution in [-0.4, -0.2) is 10.4 Å². The summed E-state index contributed by atoms with van der Waals surface area (Å²) in [6.07, 6.45) is 8.15. The van der Waals surface area contributed by atoms with Crippen molar-refractivity contribution in [2.24, 2.45) is 0 Å². The minimum atomic E-state index is 0.318. The SMILES string of the molecule is Cc1cc(C)c(Cn2cc3c(c2)C(=O)CCCC3)c(C)c1. The van der Waals surface area contributed by atoms with Gasteiger partial charge in [0.25, 0.3) is 0 Å². The van der Waals surface area contributed by atoms with Crippen LogP contribution in [0, 0.1) is 20.8 Å². The minimum absolute atomic E-state index is 0.318. The van der Waals surface area contributed by atoms with Gasteiger partial charge in [0.05, 0.1) is 0 Å². The van der Waals surface area contributed by atoms with Crippen molar-refractivity contribution in [1.82, 2.24) is 4.57 Å². The number of rotatable bonds is 2. The fraction of sp³-hybridized carbons (Fsp3) is 0.421. The van der Waals surface area contributed by atoms with Crippen LogP contribution < -0.4 is 0 Å². The first-order valence-electron chi connectivity index (χ1n) is 7.83. The highest BCUT2D eigenvalue weighted by Crippen LogP contribution is 2.24. The van der Waals surface area contributed by atoms with E-state index in [1.54, 1.807) is 0 Å². The molecule has 2 aromatic rings. The average Bonchev–Trinajstić information content (AvgIpc) is 2.74. The Labute approximate surface area is 126 Å². The van der Waals surface area contributed by atoms with E-state index < -0.39 is 0 Å². The molecule has 110 valence electrons. The molecule has 0 radical (unpaired) electrons. The van der Waals surface area contributed by atoms with Crippen molar-refractivity contribution < 1.29 is 4.79 Å². The van der Waals surface area contributed by atoms with Crippen LogP contribution in [0.5, 0.6) is 0 Å². The van der Waals surface area contributed by atoms with Crippen molar-refractivity contribution >= 4 is 5.78 Å². The van der Waals surface area contributed by atoms with Gasteiger partial charge < -0.3 is 4.57 Å². The van der Waals surface area contributed by atoms with Crippen LogP contribution in [0.3, 0.4) is 0 Å². The van der Waals surface area contributed by atoms with E-state index in [1.165, 1.54) is 27.8 Å². The van der Waals surface area contributed by atoms with Gasteiger partial charge in [-0.3, -0.25) is 4.79 Å². The molecule has 0 saturated carbocycles. The van der Waals surface area contributed by atoms with Gasteiger partial charge in [0.1, 0.15) is 0 Å². The van der Waals surface area contributed by atoms with E-state index in [0.29, 0.717) is 12.2 Å². The van der Waals surface area contributed by atoms with Gasteiger partial charge in [0.2, 0.25) is 0 Å². The van der Waals surface area contributed by atoms with E-state index in [9.17, 15) is 4.79 Å². The summed E-state index contributed by atoms with van der Waals surface area (Å²) in [4.78, 5) is 12.1. The zero-order valence-corrected chi connectivity index (χ0v) is 13.2. The molecule has 0 aliphatic heterocycles. The molecule has 2 nitrogen and oxygen atoms in total. The Hall–Kier alpha value is -1.83. The van der Waals surface area contributed by atoms with Crippen molar-refractivity contribution in [2.45, 2.75) is 53.0 Å². The van der Waals surface area contributed by atoms with E-state index in [2.05, 4.69) is 49.9 Å². The standard InChI is InChI=1S/C19H23NO/c1-13-8-14(2)17(15(3)9-13)11-20-10-16-6-4-5-7-19(21)18(16)12-20/h8-10,12H,4-7,11H2,1-3H3. The number of Topliss-reactive ketones (excluding diaryl/α,β-unsaturated/α-hetero) is 1. The third kappa shape index (κ3) is 2.80. The van der Waals surface area contributed by atoms with Crippen molar-refractivity contribution in [3.8, 4) is 0 Å². The summed E-state index contributed by atoms with van der Waals surface area (Å²) in [5.41, 5.74) is 7.55. The number of benzene rings is 1. The zero-order chi connectivity index (χ0) is 15.0. The maximum Gasteiger partial charge on any atom is 0.164 e. The minimum Gasteiger partial charge on any atom is -0.349 e. The lowest BCUT2D eigenvalue weighted by molar-refractivity contribution is 0.0982. The molecule has 0 N–H and O–H groups in total. The molecular formula is C19H23NO. The molecule has 0 bridgehead atoms. The highest BCUT2D eigenvalue weighted by atomic mass is 16.1. The first kappa shape index (κ1) is 14.1. The quantitative estimate of drug-likeness (QED) is 0.749. The van der Waals surface area contributed by atoms with E-state index in [-0.39, 0.29) is 0 Å². The first-order valence-corrected chi connectivity index (χ1v) is 7.83. The van der Waals surface area contributed by atoms with Gasteiger partial charge in [0.15, 0.2) is 5.78 Å². The number of hydrogen-bond acceptors (Lipinski definition) is 1. The molecule has 0 saturated heterocycles. The normalized spacial score (nSPS) is 14.9. The monoisotopic (exact) mass is 281 g/mol. The third-order valence-corrected chi connectivity index (χ3v) is 4.54. The highest BCUT2D eigenvalue weighted by molar-refractivity contribution is 5.97. The Kier molecular flexibility index (Phi) is 3.71. The zero-order valence-electron chi connectivity index (χ0n) is 13.2. The number of hydrogen-bond donors (Lipinski definition) is 0. The molecular weight excluding hydrogens is 258 g/mol. The Bertz CT molecular complexity index is 671. The van der Waals surface area contributed by atoms with Gasteiger partial charge in [0, 0.05) is 30.9 Å². The van der Waals surface area contributed by atoms with Crippen LogP contribution in [0.2, 0.25) is 0 Å². The summed E-state index contributed by atoms with van der Waals surface area (Å²) in [6.45, 7) is 7.35. The summed E-state index contributed by atoms with van der Waals surface area (Å²) < 4.78 is 2.19. The maximum absolute atomic E-state index is 12.1. The highest BCUT2D eigenvalue weighted by Gasteiger charge is 2.18. The summed E-state index contributed by atoms with van der Waals surface area (Å²) in [5.74, 6) is 0.318. The second-order valence-electron chi connectivity index (χ2n) is 6.38. The molecule has 21 heavy (non-hydrogen) atoms. The lowest BCUT2D eigenvalue weighted by Gasteiger charge is -2.12. The van der Waals surface area contributed by atoms with E-state index in [1.807, 2.05) is 0 Å². The Balaban J connectivity index is 1.93. The fourth-order valence-corrected chi connectivity index (χ4v) is 3.47. The Morgan fingerprint density at radius 1 is 1.00 bits per heavy atom. The van der Waals surface area contributed by atoms with Crippen LogP contribution >= 0.6 is 0 Å². The number of carbonyl (C=O) groups excluding carboxylic acids is 1. The molecule has 0 atom stereocenters. The van der Waals surface area contributed by atoms with E-state index >= 15 is 0 Å². The van der Waals surface area contributed by atoms with Gasteiger partial charge in [-0.25, -0.2) is 0 Å². The van der Waals surface area contributed by atoms with Crippen LogP contribution in [-0.2, 0) is 13.0 Å². The predicted molar refractivity (Wildman–Crippen MR) is 86.1 cm³/mol. The predicted octanol–water partition coefficient (Wildman–Crippen LogP) is 4.37. The second-order valence-corrected chi connectivity index (χ2v) is 6.38. The van der Waals surface area contributed by atoms with Gasteiger partial charge in [-0.1, -0.05) is 17.7 Å². The van der Waals surface area contributed by atoms with Gasteiger partial charge >= 0.3 is 0 Å². The van der Waals surface area contributed by atoms with Crippen molar-refractivity contribution in [2.75, 3.05) is 0 Å². The number of nitrogens with zero attached hydrogens (tertiary/aromatic N) is 1. The topological polar surface area (TPSA) is 22.0 Å². The molecule has 1 aromatic heterocycles. The molecule has 3 rings (SSSR count). The summed E-state index contributed by atoms with van der Waals surface area (Å²) in [5, 5.41) is 0. The molecule has 1 heterocycles. The Morgan fingerprint density at radius 3 is 2.38 bits per heavy atom. The molecule has 0 unspecified atom stereocenters. The van der Waals surface area contributed by atoms with Crippen LogP contribution in [0.15, 0.2) is 24.5 Å². The smallest absolute Gasteiger partial charge is 0.164 e. The lowest BCUT2D eigenvalue weighted by atomic mass is 10.00. The van der Waals surface area contributed by atoms with Crippen LogP contribution in [0.4, 0.5) is 0 Å². The first-order chi connectivity index (χ1) is 10.0. The molecule has 1 aliphatic rings. The van der Waals surface area contributed by atoms with Crippen molar-refractivity contribution in [3.05, 3.63) is 57.9 Å². The van der Waals surface area contributed by atoms with Crippen molar-refractivity contribution in [3.63, 3.8) is 0 Å². The van der Waals surface area contributed by atoms with E-state index in [0.717, 1.165) is 31.4 Å². The number of ketones is 1. The average molecular weight is 281 g/mol. The van der Waals surface area contributed by atoms with Crippen LogP contribution in [0.25, 0.3) is 0 Å². The summed E-state index contributed by atoms with van der Waals surface area (Å²) >= 11 is 0. The molecule has 0 spiro atoms. The number of fused-ring (bicyclic) bond motifs is 1. The molecule has 0 fully saturated rings. The number of aromatic nitrogens is 1. The molecule has 0 amide bonds. The van der Waals surface area contributed by atoms with Crippen molar-refractivity contribution in [1.29, 1.82) is 0 Å². The van der Waals surface area contributed by atoms with Gasteiger partial charge in [-0.05, 0) is 62.3 Å². The van der Waals surface area contributed by atoms with E-state index in [4.69, 9.17) is 0 Å². The number of carbonyl (C=O) groups is 1. The van der Waals surface area contributed by atoms with Crippen LogP contribution in [0.1, 0.15) is 57.4 Å². The molecule has 1 aliphatic carbocycles. The van der Waals surface area contributed by atoms with Gasteiger partial charge in [-0.15, -0.1) is 0 Å². The molecule has 1 aromatic carbocycles. The lowest BCUT2D eigenvalue weighted by Crippen LogP contribution is -2.03. The van der Waals surface area contributed by atoms with Gasteiger partial charge in [-0.2, -0.15) is 0 Å². The largest absolute Gasteiger partial charge is 0.349 e. The maximum atomic E-state index is 12.1. The second kappa shape index (κ2) is 5.51. The fourth-order valence-electron chi connectivity index (χ4n) is 3.47.